The zero-order chi connectivity index (χ0) is 14.4. The molecule has 110 valence electrons. The fourth-order valence-electron chi connectivity index (χ4n) is 2.33. The highest BCUT2D eigenvalue weighted by Gasteiger charge is 2.14. The van der Waals surface area contributed by atoms with Crippen LogP contribution in [0.15, 0.2) is 6.20 Å². The number of aryl methyl sites for hydroxylation is 1. The van der Waals surface area contributed by atoms with E-state index < -0.39 is 0 Å². The number of aromatic nitrogens is 2. The summed E-state index contributed by atoms with van der Waals surface area (Å²) in [7, 11) is 1.74. The molecule has 1 rings (SSSR count). The summed E-state index contributed by atoms with van der Waals surface area (Å²) >= 11 is 0. The van der Waals surface area contributed by atoms with Gasteiger partial charge >= 0.3 is 0 Å². The van der Waals surface area contributed by atoms with E-state index in [1.807, 2.05) is 6.92 Å². The van der Waals surface area contributed by atoms with Gasteiger partial charge in [0.1, 0.15) is 0 Å². The van der Waals surface area contributed by atoms with Gasteiger partial charge in [-0.3, -0.25) is 0 Å². The molecule has 0 fully saturated rings. The Kier molecular flexibility index (Phi) is 6.35. The van der Waals surface area contributed by atoms with E-state index in [0.717, 1.165) is 17.6 Å². The van der Waals surface area contributed by atoms with Crippen LogP contribution in [0.2, 0.25) is 0 Å². The van der Waals surface area contributed by atoms with Crippen molar-refractivity contribution in [3.8, 4) is 0 Å². The lowest BCUT2D eigenvalue weighted by molar-refractivity contribution is 0.163. The Hall–Kier alpha value is -1.03. The molecule has 0 radical (unpaired) electrons. The molecule has 0 amide bonds. The maximum Gasteiger partial charge on any atom is 0.203 e. The Morgan fingerprint density at radius 3 is 2.63 bits per heavy atom. The van der Waals surface area contributed by atoms with E-state index in [0.29, 0.717) is 18.7 Å². The first-order valence-corrected chi connectivity index (χ1v) is 7.28. The predicted molar refractivity (Wildman–Crippen MR) is 80.7 cm³/mol. The van der Waals surface area contributed by atoms with E-state index in [-0.39, 0.29) is 0 Å². The number of hydrogen-bond acceptors (Lipinski definition) is 3. The Balaban J connectivity index is 2.71. The van der Waals surface area contributed by atoms with Crippen LogP contribution in [0.5, 0.6) is 0 Å². The number of hydrogen-bond donors (Lipinski definition) is 1. The normalized spacial score (nSPS) is 16.1. The van der Waals surface area contributed by atoms with Gasteiger partial charge in [0.25, 0.3) is 0 Å². The van der Waals surface area contributed by atoms with E-state index >= 15 is 0 Å². The number of ether oxygens (including phenoxy) is 1. The lowest BCUT2D eigenvalue weighted by Gasteiger charge is -2.21. The van der Waals surface area contributed by atoms with E-state index in [1.54, 1.807) is 7.11 Å². The average Bonchev–Trinajstić information content (AvgIpc) is 2.70. The van der Waals surface area contributed by atoms with Gasteiger partial charge in [-0.15, -0.1) is 0 Å². The van der Waals surface area contributed by atoms with Gasteiger partial charge in [-0.25, -0.2) is 4.98 Å². The van der Waals surface area contributed by atoms with Crippen molar-refractivity contribution < 1.29 is 4.74 Å². The number of nitrogens with zero attached hydrogens (tertiary/aromatic N) is 2. The molecule has 0 aromatic carbocycles. The van der Waals surface area contributed by atoms with Crippen LogP contribution >= 0.6 is 0 Å². The molecule has 0 aliphatic carbocycles. The van der Waals surface area contributed by atoms with E-state index in [4.69, 9.17) is 4.74 Å². The average molecular weight is 267 g/mol. The van der Waals surface area contributed by atoms with Crippen LogP contribution < -0.4 is 5.32 Å². The van der Waals surface area contributed by atoms with Crippen molar-refractivity contribution in [2.45, 2.75) is 59.5 Å². The molecule has 4 nitrogen and oxygen atoms in total. The molecule has 0 aliphatic rings. The molecular formula is C15H29N3O. The largest absolute Gasteiger partial charge is 0.383 e. The van der Waals surface area contributed by atoms with Gasteiger partial charge < -0.3 is 14.6 Å². The molecule has 3 unspecified atom stereocenters. The molecule has 0 saturated heterocycles. The highest BCUT2D eigenvalue weighted by atomic mass is 16.5. The Bertz CT molecular complexity index is 375. The van der Waals surface area contributed by atoms with Crippen LogP contribution in [-0.2, 0) is 4.74 Å². The van der Waals surface area contributed by atoms with Crippen molar-refractivity contribution in [2.75, 3.05) is 19.0 Å². The van der Waals surface area contributed by atoms with Gasteiger partial charge in [-0.05, 0) is 33.1 Å². The zero-order valence-electron chi connectivity index (χ0n) is 13.2. The maximum absolute atomic E-state index is 5.23. The maximum atomic E-state index is 5.23. The SMILES string of the molecule is CCC(C)CC(C)Nc1nc(C)cn1C(C)COC. The number of anilines is 1. The number of imidazole rings is 1. The quantitative estimate of drug-likeness (QED) is 0.781. The van der Waals surface area contributed by atoms with Gasteiger partial charge in [0, 0.05) is 19.3 Å². The number of methoxy groups -OCH3 is 1. The highest BCUT2D eigenvalue weighted by Crippen LogP contribution is 2.19. The lowest BCUT2D eigenvalue weighted by Crippen LogP contribution is -2.22. The van der Waals surface area contributed by atoms with Crippen molar-refractivity contribution in [1.82, 2.24) is 9.55 Å². The van der Waals surface area contributed by atoms with Gasteiger partial charge in [0.15, 0.2) is 0 Å². The third-order valence-electron chi connectivity index (χ3n) is 3.56. The monoisotopic (exact) mass is 267 g/mol. The third kappa shape index (κ3) is 4.86. The van der Waals surface area contributed by atoms with E-state index in [9.17, 15) is 0 Å². The topological polar surface area (TPSA) is 39.1 Å². The highest BCUT2D eigenvalue weighted by molar-refractivity contribution is 5.30. The van der Waals surface area contributed by atoms with Crippen LogP contribution in [0.1, 0.15) is 52.3 Å². The number of nitrogens with one attached hydrogen (secondary N) is 1. The minimum absolute atomic E-state index is 0.296. The standard InChI is InChI=1S/C15H29N3O/c1-7-11(2)8-12(3)16-15-17-13(4)9-18(15)14(5)10-19-6/h9,11-12,14H,7-8,10H2,1-6H3,(H,16,17). The first-order chi connectivity index (χ1) is 8.97. The van der Waals surface area contributed by atoms with Crippen LogP contribution in [0, 0.1) is 12.8 Å². The van der Waals surface area contributed by atoms with Crippen LogP contribution in [0.3, 0.4) is 0 Å². The predicted octanol–water partition coefficient (Wildman–Crippen LogP) is 3.64. The van der Waals surface area contributed by atoms with Crippen LogP contribution in [0.25, 0.3) is 0 Å². The summed E-state index contributed by atoms with van der Waals surface area (Å²) in [4.78, 5) is 4.58. The van der Waals surface area contributed by atoms with Crippen molar-refractivity contribution in [3.63, 3.8) is 0 Å². The fraction of sp³-hybridized carbons (Fsp3) is 0.800. The van der Waals surface area contributed by atoms with Gasteiger partial charge in [-0.2, -0.15) is 0 Å². The summed E-state index contributed by atoms with van der Waals surface area (Å²) in [5.74, 6) is 1.70. The summed E-state index contributed by atoms with van der Waals surface area (Å²) in [6.07, 6.45) is 4.47. The molecule has 0 spiro atoms. The Labute approximate surface area is 117 Å². The zero-order valence-corrected chi connectivity index (χ0v) is 13.2. The summed E-state index contributed by atoms with van der Waals surface area (Å²) in [6, 6.07) is 0.731. The van der Waals surface area contributed by atoms with Gasteiger partial charge in [0.05, 0.1) is 18.3 Å². The van der Waals surface area contributed by atoms with Crippen molar-refractivity contribution in [1.29, 1.82) is 0 Å². The van der Waals surface area contributed by atoms with Crippen molar-refractivity contribution in [3.05, 3.63) is 11.9 Å². The summed E-state index contributed by atoms with van der Waals surface area (Å²) in [5, 5.41) is 3.53. The Morgan fingerprint density at radius 1 is 1.37 bits per heavy atom. The molecule has 1 aromatic heterocycles. The second-order valence-electron chi connectivity index (χ2n) is 5.71. The summed E-state index contributed by atoms with van der Waals surface area (Å²) in [6.45, 7) is 11.6. The molecule has 0 aliphatic heterocycles. The first kappa shape index (κ1) is 16.0. The molecule has 1 heterocycles. The fourth-order valence-corrected chi connectivity index (χ4v) is 2.33. The van der Waals surface area contributed by atoms with Gasteiger partial charge in [-0.1, -0.05) is 20.3 Å². The molecule has 0 saturated carbocycles. The molecule has 19 heavy (non-hydrogen) atoms. The minimum Gasteiger partial charge on any atom is -0.383 e. The smallest absolute Gasteiger partial charge is 0.203 e. The van der Waals surface area contributed by atoms with Crippen LogP contribution in [0.4, 0.5) is 5.95 Å². The molecule has 4 heteroatoms. The summed E-state index contributed by atoms with van der Waals surface area (Å²) < 4.78 is 7.41. The lowest BCUT2D eigenvalue weighted by atomic mass is 10.0. The molecule has 0 bridgehead atoms. The molecule has 1 aromatic rings. The van der Waals surface area contributed by atoms with Crippen LogP contribution in [-0.4, -0.2) is 29.3 Å². The second kappa shape index (κ2) is 7.53. The van der Waals surface area contributed by atoms with Crippen molar-refractivity contribution >= 4 is 5.95 Å². The molecule has 3 atom stereocenters. The number of rotatable bonds is 8. The van der Waals surface area contributed by atoms with Crippen molar-refractivity contribution in [2.24, 2.45) is 5.92 Å². The van der Waals surface area contributed by atoms with E-state index in [2.05, 4.69) is 48.8 Å². The molecule has 1 N–H and O–H groups in total. The minimum atomic E-state index is 0.296. The third-order valence-corrected chi connectivity index (χ3v) is 3.56. The van der Waals surface area contributed by atoms with E-state index in [1.165, 1.54) is 12.8 Å². The summed E-state index contributed by atoms with van der Waals surface area (Å²) in [5.41, 5.74) is 1.04. The second-order valence-corrected chi connectivity index (χ2v) is 5.71. The van der Waals surface area contributed by atoms with Gasteiger partial charge in [0.2, 0.25) is 5.95 Å². The Morgan fingerprint density at radius 2 is 2.05 bits per heavy atom. The first-order valence-electron chi connectivity index (χ1n) is 7.28. The molecular weight excluding hydrogens is 238 g/mol.